The van der Waals surface area contributed by atoms with Gasteiger partial charge in [0.05, 0.1) is 11.8 Å². The molecule has 0 radical (unpaired) electrons. The zero-order valence-corrected chi connectivity index (χ0v) is 9.03. The fourth-order valence-corrected chi connectivity index (χ4v) is 3.41. The van der Waals surface area contributed by atoms with E-state index in [0.29, 0.717) is 17.6 Å². The highest BCUT2D eigenvalue weighted by Crippen LogP contribution is 2.49. The summed E-state index contributed by atoms with van der Waals surface area (Å²) < 4.78 is 5.20. The number of furan rings is 1. The van der Waals surface area contributed by atoms with Crippen molar-refractivity contribution in [3.8, 4) is 0 Å². The second-order valence-corrected chi connectivity index (χ2v) is 5.04. The molecule has 2 fully saturated rings. The van der Waals surface area contributed by atoms with Gasteiger partial charge in [-0.3, -0.25) is 4.79 Å². The smallest absolute Gasteiger partial charge is 0.169 e. The summed E-state index contributed by atoms with van der Waals surface area (Å²) >= 11 is 0. The molecular formula is C13H16O2. The Morgan fingerprint density at radius 1 is 1.40 bits per heavy atom. The molecule has 0 aliphatic heterocycles. The Morgan fingerprint density at radius 2 is 2.27 bits per heavy atom. The lowest BCUT2D eigenvalue weighted by atomic mass is 9.83. The van der Waals surface area contributed by atoms with E-state index in [-0.39, 0.29) is 0 Å². The van der Waals surface area contributed by atoms with E-state index >= 15 is 0 Å². The lowest BCUT2D eigenvalue weighted by Gasteiger charge is -2.19. The van der Waals surface area contributed by atoms with Crippen molar-refractivity contribution < 1.29 is 9.21 Å². The van der Waals surface area contributed by atoms with Crippen LogP contribution in [0, 0.1) is 24.7 Å². The van der Waals surface area contributed by atoms with Crippen molar-refractivity contribution in [3.05, 3.63) is 23.7 Å². The molecule has 15 heavy (non-hydrogen) atoms. The molecule has 2 nitrogen and oxygen atoms in total. The third-order valence-corrected chi connectivity index (χ3v) is 4.20. The predicted molar refractivity (Wildman–Crippen MR) is 56.7 cm³/mol. The molecule has 2 bridgehead atoms. The molecule has 80 valence electrons. The average Bonchev–Trinajstić information content (AvgIpc) is 2.91. The number of Topliss-reactive ketones (excluding diaryl/α,β-unsaturated/α-hetero) is 1. The normalized spacial score (nSPS) is 33.5. The van der Waals surface area contributed by atoms with Gasteiger partial charge in [0.25, 0.3) is 0 Å². The van der Waals surface area contributed by atoms with Crippen LogP contribution in [0.3, 0.4) is 0 Å². The largest absolute Gasteiger partial charge is 0.469 e. The third kappa shape index (κ3) is 1.35. The summed E-state index contributed by atoms with van der Waals surface area (Å²) in [6, 6.07) is 1.82. The predicted octanol–water partition coefficient (Wildman–Crippen LogP) is 3.21. The molecule has 1 aromatic rings. The summed E-state index contributed by atoms with van der Waals surface area (Å²) in [6.07, 6.45) is 6.63. The Balaban J connectivity index is 1.84. The van der Waals surface area contributed by atoms with Gasteiger partial charge in [-0.05, 0) is 44.1 Å². The average molecular weight is 204 g/mol. The highest BCUT2D eigenvalue weighted by Gasteiger charge is 2.43. The number of hydrogen-bond acceptors (Lipinski definition) is 2. The molecule has 2 heteroatoms. The molecule has 0 aromatic carbocycles. The van der Waals surface area contributed by atoms with Crippen LogP contribution in [0.25, 0.3) is 0 Å². The molecule has 3 atom stereocenters. The van der Waals surface area contributed by atoms with E-state index in [1.165, 1.54) is 19.3 Å². The van der Waals surface area contributed by atoms with Gasteiger partial charge in [-0.2, -0.15) is 0 Å². The maximum atomic E-state index is 12.3. The highest BCUT2D eigenvalue weighted by molar-refractivity contribution is 5.99. The molecule has 1 heterocycles. The third-order valence-electron chi connectivity index (χ3n) is 4.20. The molecule has 3 rings (SSSR count). The summed E-state index contributed by atoms with van der Waals surface area (Å²) in [5.74, 6) is 2.89. The van der Waals surface area contributed by atoms with Crippen LogP contribution in [0.5, 0.6) is 0 Å². The summed E-state index contributed by atoms with van der Waals surface area (Å²) in [7, 11) is 0. The van der Waals surface area contributed by atoms with Gasteiger partial charge in [0.1, 0.15) is 5.76 Å². The van der Waals surface area contributed by atoms with Crippen LogP contribution in [0.2, 0.25) is 0 Å². The monoisotopic (exact) mass is 204 g/mol. The molecule has 0 saturated heterocycles. The van der Waals surface area contributed by atoms with Crippen molar-refractivity contribution in [2.75, 3.05) is 0 Å². The summed E-state index contributed by atoms with van der Waals surface area (Å²) in [5.41, 5.74) is 0.813. The minimum absolute atomic E-state index is 0.292. The Labute approximate surface area is 89.7 Å². The Hall–Kier alpha value is -1.05. The van der Waals surface area contributed by atoms with Crippen LogP contribution in [0.1, 0.15) is 41.8 Å². The van der Waals surface area contributed by atoms with E-state index in [9.17, 15) is 4.79 Å². The maximum absolute atomic E-state index is 12.3. The lowest BCUT2D eigenvalue weighted by molar-refractivity contribution is 0.0873. The van der Waals surface area contributed by atoms with E-state index in [0.717, 1.165) is 23.7 Å². The Kier molecular flexibility index (Phi) is 1.98. The van der Waals surface area contributed by atoms with E-state index in [4.69, 9.17) is 4.42 Å². The Bertz CT molecular complexity index is 391. The number of carbonyl (C=O) groups excluding carboxylic acids is 1. The highest BCUT2D eigenvalue weighted by atomic mass is 16.3. The SMILES string of the molecule is Cc1occc1C(=O)C1CC2CCC1C2. The summed E-state index contributed by atoms with van der Waals surface area (Å²) in [4.78, 5) is 12.3. The first kappa shape index (κ1) is 9.20. The van der Waals surface area contributed by atoms with Gasteiger partial charge in [0, 0.05) is 5.92 Å². The van der Waals surface area contributed by atoms with Crippen LogP contribution in [-0.2, 0) is 0 Å². The van der Waals surface area contributed by atoms with Crippen molar-refractivity contribution >= 4 is 5.78 Å². The summed E-state index contributed by atoms with van der Waals surface area (Å²) in [5, 5.41) is 0. The second kappa shape index (κ2) is 3.22. The lowest BCUT2D eigenvalue weighted by Crippen LogP contribution is -2.21. The molecule has 2 saturated carbocycles. The van der Waals surface area contributed by atoms with Gasteiger partial charge >= 0.3 is 0 Å². The van der Waals surface area contributed by atoms with E-state index in [1.807, 2.05) is 13.0 Å². The number of carbonyl (C=O) groups is 1. The second-order valence-electron chi connectivity index (χ2n) is 5.04. The molecule has 3 unspecified atom stereocenters. The fraction of sp³-hybridized carbons (Fsp3) is 0.615. The number of ketones is 1. The van der Waals surface area contributed by atoms with Gasteiger partial charge in [0.2, 0.25) is 0 Å². The minimum Gasteiger partial charge on any atom is -0.469 e. The van der Waals surface area contributed by atoms with Crippen LogP contribution in [0.4, 0.5) is 0 Å². The van der Waals surface area contributed by atoms with Gasteiger partial charge in [-0.1, -0.05) is 6.42 Å². The zero-order chi connectivity index (χ0) is 10.4. The number of fused-ring (bicyclic) bond motifs is 2. The molecule has 0 N–H and O–H groups in total. The summed E-state index contributed by atoms with van der Waals surface area (Å²) in [6.45, 7) is 1.88. The molecule has 2 aliphatic rings. The molecular weight excluding hydrogens is 188 g/mol. The van der Waals surface area contributed by atoms with Gasteiger partial charge in [-0.15, -0.1) is 0 Å². The first-order valence-corrected chi connectivity index (χ1v) is 5.84. The van der Waals surface area contributed by atoms with E-state index < -0.39 is 0 Å². The number of rotatable bonds is 2. The molecule has 1 aromatic heterocycles. The number of hydrogen-bond donors (Lipinski definition) is 0. The van der Waals surface area contributed by atoms with Crippen molar-refractivity contribution in [2.24, 2.45) is 17.8 Å². The van der Waals surface area contributed by atoms with Crippen LogP contribution < -0.4 is 0 Å². The van der Waals surface area contributed by atoms with Gasteiger partial charge in [-0.25, -0.2) is 0 Å². The van der Waals surface area contributed by atoms with Crippen molar-refractivity contribution in [1.29, 1.82) is 0 Å². The zero-order valence-electron chi connectivity index (χ0n) is 9.03. The molecule has 2 aliphatic carbocycles. The van der Waals surface area contributed by atoms with E-state index in [1.54, 1.807) is 6.26 Å². The topological polar surface area (TPSA) is 30.2 Å². The standard InChI is InChI=1S/C13H16O2/c1-8-11(4-5-15-8)13(14)12-7-9-2-3-10(12)6-9/h4-5,9-10,12H,2-3,6-7H2,1H3. The van der Waals surface area contributed by atoms with Crippen LogP contribution in [0.15, 0.2) is 16.7 Å². The fourth-order valence-electron chi connectivity index (χ4n) is 3.41. The van der Waals surface area contributed by atoms with Crippen molar-refractivity contribution in [3.63, 3.8) is 0 Å². The minimum atomic E-state index is 0.292. The van der Waals surface area contributed by atoms with Crippen LogP contribution >= 0.6 is 0 Å². The van der Waals surface area contributed by atoms with Gasteiger partial charge in [0.15, 0.2) is 5.78 Å². The maximum Gasteiger partial charge on any atom is 0.169 e. The van der Waals surface area contributed by atoms with Crippen LogP contribution in [-0.4, -0.2) is 5.78 Å². The van der Waals surface area contributed by atoms with E-state index in [2.05, 4.69) is 0 Å². The first-order valence-electron chi connectivity index (χ1n) is 5.84. The molecule has 0 spiro atoms. The quantitative estimate of drug-likeness (QED) is 0.692. The number of aryl methyl sites for hydroxylation is 1. The Morgan fingerprint density at radius 3 is 2.80 bits per heavy atom. The van der Waals surface area contributed by atoms with Crippen molar-refractivity contribution in [1.82, 2.24) is 0 Å². The van der Waals surface area contributed by atoms with Gasteiger partial charge < -0.3 is 4.42 Å². The van der Waals surface area contributed by atoms with Crippen molar-refractivity contribution in [2.45, 2.75) is 32.6 Å². The first-order chi connectivity index (χ1) is 7.25. The molecule has 0 amide bonds.